The predicted octanol–water partition coefficient (Wildman–Crippen LogP) is 3.10. The zero-order valence-corrected chi connectivity index (χ0v) is 11.4. The van der Waals surface area contributed by atoms with Crippen molar-refractivity contribution in [2.75, 3.05) is 5.32 Å². The molecule has 1 saturated carbocycles. The molecule has 0 aromatic heterocycles. The predicted molar refractivity (Wildman–Crippen MR) is 73.8 cm³/mol. The van der Waals surface area contributed by atoms with Gasteiger partial charge in [0.25, 0.3) is 0 Å². The fourth-order valence-electron chi connectivity index (χ4n) is 2.13. The number of ketones is 1. The van der Waals surface area contributed by atoms with Crippen molar-refractivity contribution in [1.82, 2.24) is 0 Å². The van der Waals surface area contributed by atoms with Crippen LogP contribution >= 0.6 is 11.8 Å². The first-order chi connectivity index (χ1) is 8.56. The Kier molecular flexibility index (Phi) is 4.07. The molecular formula is C14H17NO2S. The van der Waals surface area contributed by atoms with E-state index in [4.69, 9.17) is 0 Å². The molecule has 1 N–H and O–H groups in total. The molecule has 1 aliphatic carbocycles. The van der Waals surface area contributed by atoms with Crippen molar-refractivity contribution in [2.45, 2.75) is 36.8 Å². The first-order valence-electron chi connectivity index (χ1n) is 6.13. The van der Waals surface area contributed by atoms with Gasteiger partial charge in [0.1, 0.15) is 5.78 Å². The van der Waals surface area contributed by atoms with Gasteiger partial charge >= 0.3 is 0 Å². The highest BCUT2D eigenvalue weighted by Crippen LogP contribution is 2.37. The number of nitrogens with one attached hydrogen (secondary N) is 1. The molecule has 1 aromatic carbocycles. The molecule has 18 heavy (non-hydrogen) atoms. The Labute approximate surface area is 111 Å². The lowest BCUT2D eigenvalue weighted by Gasteiger charge is -2.13. The van der Waals surface area contributed by atoms with Crippen molar-refractivity contribution >= 4 is 29.1 Å². The SMILES string of the molecule is CC(=O)Nc1ccc(SC2CCC(=O)C2C)cc1. The summed E-state index contributed by atoms with van der Waals surface area (Å²) >= 11 is 1.76. The number of carbonyl (C=O) groups is 2. The summed E-state index contributed by atoms with van der Waals surface area (Å²) in [5.74, 6) is 0.470. The number of anilines is 1. The van der Waals surface area contributed by atoms with Crippen molar-refractivity contribution in [1.29, 1.82) is 0 Å². The Morgan fingerprint density at radius 2 is 2.00 bits per heavy atom. The van der Waals surface area contributed by atoms with E-state index in [1.807, 2.05) is 31.2 Å². The van der Waals surface area contributed by atoms with Gasteiger partial charge in [-0.05, 0) is 30.7 Å². The zero-order chi connectivity index (χ0) is 13.1. The summed E-state index contributed by atoms with van der Waals surface area (Å²) in [6, 6.07) is 7.77. The molecule has 0 spiro atoms. The minimum absolute atomic E-state index is 0.0644. The average molecular weight is 263 g/mol. The van der Waals surface area contributed by atoms with Crippen LogP contribution < -0.4 is 5.32 Å². The van der Waals surface area contributed by atoms with Gasteiger partial charge in [-0.2, -0.15) is 0 Å². The molecule has 0 aliphatic heterocycles. The number of hydrogen-bond acceptors (Lipinski definition) is 3. The third kappa shape index (κ3) is 3.13. The van der Waals surface area contributed by atoms with Crippen LogP contribution in [-0.2, 0) is 9.59 Å². The number of benzene rings is 1. The first kappa shape index (κ1) is 13.1. The molecule has 1 aromatic rings. The molecule has 2 atom stereocenters. The summed E-state index contributed by atoms with van der Waals surface area (Å²) in [4.78, 5) is 23.5. The van der Waals surface area contributed by atoms with Crippen LogP contribution in [0.2, 0.25) is 0 Å². The van der Waals surface area contributed by atoms with E-state index in [2.05, 4.69) is 5.32 Å². The van der Waals surface area contributed by atoms with Crippen molar-refractivity contribution in [2.24, 2.45) is 5.92 Å². The summed E-state index contributed by atoms with van der Waals surface area (Å²) in [5, 5.41) is 3.13. The highest BCUT2D eigenvalue weighted by Gasteiger charge is 2.31. The third-order valence-electron chi connectivity index (χ3n) is 3.20. The van der Waals surface area contributed by atoms with E-state index in [0.717, 1.165) is 17.0 Å². The fraction of sp³-hybridized carbons (Fsp3) is 0.429. The van der Waals surface area contributed by atoms with Gasteiger partial charge in [-0.25, -0.2) is 0 Å². The molecule has 1 amide bonds. The molecule has 0 radical (unpaired) electrons. The summed E-state index contributed by atoms with van der Waals surface area (Å²) in [6.45, 7) is 3.51. The number of hydrogen-bond donors (Lipinski definition) is 1. The second kappa shape index (κ2) is 5.57. The highest BCUT2D eigenvalue weighted by atomic mass is 32.2. The maximum Gasteiger partial charge on any atom is 0.221 e. The Hall–Kier alpha value is -1.29. The van der Waals surface area contributed by atoms with Crippen LogP contribution in [0.5, 0.6) is 0 Å². The number of rotatable bonds is 3. The molecule has 0 bridgehead atoms. The largest absolute Gasteiger partial charge is 0.326 e. The van der Waals surface area contributed by atoms with Crippen LogP contribution in [0, 0.1) is 5.92 Å². The lowest BCUT2D eigenvalue weighted by Crippen LogP contribution is -2.11. The molecule has 3 nitrogen and oxygen atoms in total. The Morgan fingerprint density at radius 3 is 2.50 bits per heavy atom. The Balaban J connectivity index is 1.98. The number of Topliss-reactive ketones (excluding diaryl/α,β-unsaturated/α-hetero) is 1. The molecule has 96 valence electrons. The van der Waals surface area contributed by atoms with Gasteiger partial charge in [0, 0.05) is 35.1 Å². The molecular weight excluding hydrogens is 246 g/mol. The molecule has 4 heteroatoms. The van der Waals surface area contributed by atoms with Crippen LogP contribution in [0.25, 0.3) is 0 Å². The molecule has 0 saturated heterocycles. The van der Waals surface area contributed by atoms with E-state index in [1.54, 1.807) is 11.8 Å². The van der Waals surface area contributed by atoms with Gasteiger partial charge in [0.05, 0.1) is 0 Å². The number of thioether (sulfide) groups is 1. The van der Waals surface area contributed by atoms with Crippen LogP contribution in [0.4, 0.5) is 5.69 Å². The standard InChI is InChI=1S/C14H17NO2S/c1-9-13(17)7-8-14(9)18-12-5-3-11(4-6-12)15-10(2)16/h3-6,9,14H,7-8H2,1-2H3,(H,15,16). The van der Waals surface area contributed by atoms with Crippen LogP contribution in [0.3, 0.4) is 0 Å². The molecule has 1 fully saturated rings. The van der Waals surface area contributed by atoms with Gasteiger partial charge in [0.15, 0.2) is 0 Å². The average Bonchev–Trinajstić information content (AvgIpc) is 2.63. The summed E-state index contributed by atoms with van der Waals surface area (Å²) in [6.07, 6.45) is 1.68. The van der Waals surface area contributed by atoms with Crippen molar-refractivity contribution in [3.8, 4) is 0 Å². The Bertz CT molecular complexity index is 455. The minimum Gasteiger partial charge on any atom is -0.326 e. The van der Waals surface area contributed by atoms with E-state index in [-0.39, 0.29) is 11.8 Å². The van der Waals surface area contributed by atoms with Gasteiger partial charge in [-0.3, -0.25) is 9.59 Å². The van der Waals surface area contributed by atoms with Crippen LogP contribution in [-0.4, -0.2) is 16.9 Å². The molecule has 0 heterocycles. The van der Waals surface area contributed by atoms with E-state index >= 15 is 0 Å². The van der Waals surface area contributed by atoms with Crippen LogP contribution in [0.1, 0.15) is 26.7 Å². The smallest absolute Gasteiger partial charge is 0.221 e. The normalized spacial score (nSPS) is 23.1. The summed E-state index contributed by atoms with van der Waals surface area (Å²) < 4.78 is 0. The second-order valence-corrected chi connectivity index (χ2v) is 5.97. The van der Waals surface area contributed by atoms with E-state index < -0.39 is 0 Å². The van der Waals surface area contributed by atoms with E-state index in [9.17, 15) is 9.59 Å². The fourth-order valence-corrected chi connectivity index (χ4v) is 3.36. The molecule has 2 rings (SSSR count). The highest BCUT2D eigenvalue weighted by molar-refractivity contribution is 8.00. The zero-order valence-electron chi connectivity index (χ0n) is 10.6. The van der Waals surface area contributed by atoms with Crippen molar-refractivity contribution in [3.63, 3.8) is 0 Å². The van der Waals surface area contributed by atoms with E-state index in [0.29, 0.717) is 17.5 Å². The summed E-state index contributed by atoms with van der Waals surface area (Å²) in [5.41, 5.74) is 0.808. The van der Waals surface area contributed by atoms with E-state index in [1.165, 1.54) is 6.92 Å². The van der Waals surface area contributed by atoms with Gasteiger partial charge in [-0.1, -0.05) is 6.92 Å². The summed E-state index contributed by atoms with van der Waals surface area (Å²) in [7, 11) is 0. The maximum absolute atomic E-state index is 11.5. The van der Waals surface area contributed by atoms with Gasteiger partial charge < -0.3 is 5.32 Å². The third-order valence-corrected chi connectivity index (χ3v) is 4.69. The second-order valence-electron chi connectivity index (χ2n) is 4.66. The first-order valence-corrected chi connectivity index (χ1v) is 7.01. The maximum atomic E-state index is 11.5. The number of amides is 1. The molecule has 1 aliphatic rings. The monoisotopic (exact) mass is 263 g/mol. The van der Waals surface area contributed by atoms with Gasteiger partial charge in [-0.15, -0.1) is 11.8 Å². The van der Waals surface area contributed by atoms with Crippen molar-refractivity contribution < 1.29 is 9.59 Å². The minimum atomic E-state index is -0.0644. The van der Waals surface area contributed by atoms with Crippen molar-refractivity contribution in [3.05, 3.63) is 24.3 Å². The topological polar surface area (TPSA) is 46.2 Å². The number of carbonyl (C=O) groups excluding carboxylic acids is 2. The quantitative estimate of drug-likeness (QED) is 0.911. The molecule has 2 unspecified atom stereocenters. The van der Waals surface area contributed by atoms with Crippen LogP contribution in [0.15, 0.2) is 29.2 Å². The lowest BCUT2D eigenvalue weighted by atomic mass is 10.1. The lowest BCUT2D eigenvalue weighted by molar-refractivity contribution is -0.120. The van der Waals surface area contributed by atoms with Gasteiger partial charge in [0.2, 0.25) is 5.91 Å². The Morgan fingerprint density at radius 1 is 1.33 bits per heavy atom.